The summed E-state index contributed by atoms with van der Waals surface area (Å²) in [5, 5.41) is 0. The van der Waals surface area contributed by atoms with E-state index in [1.54, 1.807) is 0 Å². The fraction of sp³-hybridized carbons (Fsp3) is 1.00. The molecule has 0 radical (unpaired) electrons. The molecule has 1 atom stereocenters. The van der Waals surface area contributed by atoms with Crippen LogP contribution >= 0.6 is 11.8 Å². The van der Waals surface area contributed by atoms with Crippen molar-refractivity contribution in [3.8, 4) is 0 Å². The molecular weight excluding hydrogens is 192 g/mol. The van der Waals surface area contributed by atoms with E-state index in [4.69, 9.17) is 5.73 Å². The minimum atomic E-state index is 0.141. The minimum absolute atomic E-state index is 0.141. The molecule has 0 aromatic rings. The molecule has 0 saturated heterocycles. The second-order valence-corrected chi connectivity index (χ2v) is 5.75. The number of nitrogens with zero attached hydrogens (tertiary/aromatic N) is 1. The Morgan fingerprint density at radius 1 is 1.50 bits per heavy atom. The molecule has 2 N–H and O–H groups in total. The van der Waals surface area contributed by atoms with E-state index in [9.17, 15) is 0 Å². The maximum absolute atomic E-state index is 6.22. The molecule has 2 nitrogen and oxygen atoms in total. The predicted molar refractivity (Wildman–Crippen MR) is 65.9 cm³/mol. The normalized spacial score (nSPS) is 22.1. The Labute approximate surface area is 92.6 Å². The molecule has 1 saturated carbocycles. The van der Waals surface area contributed by atoms with Gasteiger partial charge in [0.1, 0.15) is 0 Å². The SMILES string of the molecule is CSCCC(C)N(C)CC1(N)CCC1. The van der Waals surface area contributed by atoms with Crippen LogP contribution in [0.3, 0.4) is 0 Å². The molecule has 0 aliphatic heterocycles. The molecule has 1 fully saturated rings. The molecule has 1 rings (SSSR count). The zero-order valence-electron chi connectivity index (χ0n) is 9.75. The van der Waals surface area contributed by atoms with Gasteiger partial charge in [0.05, 0.1) is 0 Å². The summed E-state index contributed by atoms with van der Waals surface area (Å²) >= 11 is 1.93. The molecular formula is C11H24N2S. The van der Waals surface area contributed by atoms with Crippen molar-refractivity contribution in [3.63, 3.8) is 0 Å². The van der Waals surface area contributed by atoms with E-state index < -0.39 is 0 Å². The van der Waals surface area contributed by atoms with Crippen LogP contribution in [0.4, 0.5) is 0 Å². The fourth-order valence-electron chi connectivity index (χ4n) is 1.95. The van der Waals surface area contributed by atoms with Gasteiger partial charge in [-0.3, -0.25) is 0 Å². The zero-order valence-corrected chi connectivity index (χ0v) is 10.6. The molecule has 84 valence electrons. The first-order chi connectivity index (χ1) is 6.57. The monoisotopic (exact) mass is 216 g/mol. The maximum Gasteiger partial charge on any atom is 0.0283 e. The number of nitrogens with two attached hydrogens (primary N) is 1. The summed E-state index contributed by atoms with van der Waals surface area (Å²) in [6, 6.07) is 0.670. The third kappa shape index (κ3) is 3.44. The van der Waals surface area contributed by atoms with Crippen molar-refractivity contribution in [3.05, 3.63) is 0 Å². The number of hydrogen-bond acceptors (Lipinski definition) is 3. The molecule has 0 aromatic carbocycles. The summed E-state index contributed by atoms with van der Waals surface area (Å²) in [4.78, 5) is 2.43. The average Bonchev–Trinajstić information content (AvgIpc) is 2.11. The quantitative estimate of drug-likeness (QED) is 0.736. The van der Waals surface area contributed by atoms with E-state index in [2.05, 4.69) is 25.1 Å². The Hall–Kier alpha value is 0.270. The molecule has 1 unspecified atom stereocenters. The highest BCUT2D eigenvalue weighted by atomic mass is 32.2. The molecule has 14 heavy (non-hydrogen) atoms. The van der Waals surface area contributed by atoms with Gasteiger partial charge in [-0.1, -0.05) is 0 Å². The lowest BCUT2D eigenvalue weighted by Crippen LogP contribution is -2.55. The molecule has 0 spiro atoms. The topological polar surface area (TPSA) is 29.3 Å². The van der Waals surface area contributed by atoms with Crippen molar-refractivity contribution in [2.45, 2.75) is 44.2 Å². The van der Waals surface area contributed by atoms with Crippen molar-refractivity contribution in [2.24, 2.45) is 5.73 Å². The Bertz CT molecular complexity index is 169. The van der Waals surface area contributed by atoms with Crippen LogP contribution in [-0.4, -0.2) is 42.1 Å². The van der Waals surface area contributed by atoms with E-state index in [1.165, 1.54) is 31.4 Å². The predicted octanol–water partition coefficient (Wildman–Crippen LogP) is 1.94. The molecule has 1 aliphatic carbocycles. The third-order valence-corrected chi connectivity index (χ3v) is 4.05. The van der Waals surface area contributed by atoms with Crippen LogP contribution in [0.1, 0.15) is 32.6 Å². The van der Waals surface area contributed by atoms with Crippen LogP contribution in [0.5, 0.6) is 0 Å². The van der Waals surface area contributed by atoms with Crippen LogP contribution in [0.25, 0.3) is 0 Å². The van der Waals surface area contributed by atoms with Gasteiger partial charge in [-0.05, 0) is 51.7 Å². The number of likely N-dealkylation sites (N-methyl/N-ethyl adjacent to an activating group) is 1. The van der Waals surface area contributed by atoms with Crippen molar-refractivity contribution < 1.29 is 0 Å². The smallest absolute Gasteiger partial charge is 0.0283 e. The number of thioether (sulfide) groups is 1. The van der Waals surface area contributed by atoms with Gasteiger partial charge in [0, 0.05) is 18.1 Å². The van der Waals surface area contributed by atoms with Gasteiger partial charge in [-0.25, -0.2) is 0 Å². The Kier molecular flexibility index (Phi) is 4.74. The zero-order chi connectivity index (χ0) is 10.6. The van der Waals surface area contributed by atoms with E-state index in [0.717, 1.165) is 6.54 Å². The maximum atomic E-state index is 6.22. The highest BCUT2D eigenvalue weighted by Crippen LogP contribution is 2.30. The van der Waals surface area contributed by atoms with Crippen molar-refractivity contribution in [1.29, 1.82) is 0 Å². The molecule has 0 amide bonds. The molecule has 0 heterocycles. The van der Waals surface area contributed by atoms with E-state index in [1.807, 2.05) is 11.8 Å². The lowest BCUT2D eigenvalue weighted by atomic mass is 9.77. The Morgan fingerprint density at radius 3 is 2.57 bits per heavy atom. The first kappa shape index (κ1) is 12.3. The van der Waals surface area contributed by atoms with Crippen molar-refractivity contribution >= 4 is 11.8 Å². The van der Waals surface area contributed by atoms with Gasteiger partial charge >= 0.3 is 0 Å². The van der Waals surface area contributed by atoms with E-state index in [-0.39, 0.29) is 5.54 Å². The summed E-state index contributed by atoms with van der Waals surface area (Å²) in [6.07, 6.45) is 7.19. The first-order valence-electron chi connectivity index (χ1n) is 5.55. The number of hydrogen-bond donors (Lipinski definition) is 1. The molecule has 0 bridgehead atoms. The standard InChI is InChI=1S/C11H24N2S/c1-10(5-8-14-3)13(2)9-11(12)6-4-7-11/h10H,4-9,12H2,1-3H3. The highest BCUT2D eigenvalue weighted by Gasteiger charge is 2.34. The van der Waals surface area contributed by atoms with Crippen LogP contribution < -0.4 is 5.73 Å². The minimum Gasteiger partial charge on any atom is -0.324 e. The van der Waals surface area contributed by atoms with Gasteiger partial charge in [0.25, 0.3) is 0 Å². The second kappa shape index (κ2) is 5.38. The van der Waals surface area contributed by atoms with Crippen molar-refractivity contribution in [1.82, 2.24) is 4.90 Å². The average molecular weight is 216 g/mol. The lowest BCUT2D eigenvalue weighted by molar-refractivity contribution is 0.137. The van der Waals surface area contributed by atoms with Crippen LogP contribution in [0.2, 0.25) is 0 Å². The highest BCUT2D eigenvalue weighted by molar-refractivity contribution is 7.98. The summed E-state index contributed by atoms with van der Waals surface area (Å²) in [6.45, 7) is 3.38. The van der Waals surface area contributed by atoms with Gasteiger partial charge in [0.2, 0.25) is 0 Å². The van der Waals surface area contributed by atoms with Crippen LogP contribution in [0, 0.1) is 0 Å². The van der Waals surface area contributed by atoms with E-state index >= 15 is 0 Å². The van der Waals surface area contributed by atoms with Gasteiger partial charge < -0.3 is 10.6 Å². The van der Waals surface area contributed by atoms with Crippen LogP contribution in [0.15, 0.2) is 0 Å². The largest absolute Gasteiger partial charge is 0.324 e. The summed E-state index contributed by atoms with van der Waals surface area (Å²) in [5.74, 6) is 1.25. The van der Waals surface area contributed by atoms with Crippen LogP contribution in [-0.2, 0) is 0 Å². The fourth-order valence-corrected chi connectivity index (χ4v) is 2.53. The summed E-state index contributed by atoms with van der Waals surface area (Å²) < 4.78 is 0. The Balaban J connectivity index is 2.22. The van der Waals surface area contributed by atoms with Gasteiger partial charge in [-0.15, -0.1) is 0 Å². The van der Waals surface area contributed by atoms with Gasteiger partial charge in [0.15, 0.2) is 0 Å². The third-order valence-electron chi connectivity index (χ3n) is 3.41. The van der Waals surface area contributed by atoms with Gasteiger partial charge in [-0.2, -0.15) is 11.8 Å². The molecule has 3 heteroatoms. The molecule has 0 aromatic heterocycles. The molecule has 1 aliphatic rings. The summed E-state index contributed by atoms with van der Waals surface area (Å²) in [7, 11) is 2.21. The van der Waals surface area contributed by atoms with Crippen molar-refractivity contribution in [2.75, 3.05) is 25.6 Å². The number of rotatable bonds is 6. The van der Waals surface area contributed by atoms with E-state index in [0.29, 0.717) is 6.04 Å². The lowest BCUT2D eigenvalue weighted by Gasteiger charge is -2.42. The second-order valence-electron chi connectivity index (χ2n) is 4.76. The summed E-state index contributed by atoms with van der Waals surface area (Å²) in [5.41, 5.74) is 6.36. The Morgan fingerprint density at radius 2 is 2.14 bits per heavy atom. The first-order valence-corrected chi connectivity index (χ1v) is 6.95.